The molecule has 0 aliphatic heterocycles. The van der Waals surface area contributed by atoms with Crippen molar-refractivity contribution in [2.75, 3.05) is 17.6 Å². The van der Waals surface area contributed by atoms with Crippen LogP contribution in [-0.4, -0.2) is 27.5 Å². The lowest BCUT2D eigenvalue weighted by molar-refractivity contribution is -0.114. The van der Waals surface area contributed by atoms with E-state index >= 15 is 0 Å². The second-order valence-electron chi connectivity index (χ2n) is 4.96. The van der Waals surface area contributed by atoms with Crippen LogP contribution < -0.4 is 16.8 Å². The van der Waals surface area contributed by atoms with Crippen LogP contribution in [0.1, 0.15) is 0 Å². The number of aromatic nitrogens is 2. The molecule has 6 N–H and O–H groups in total. The molecule has 116 valence electrons. The van der Waals surface area contributed by atoms with Gasteiger partial charge in [-0.3, -0.25) is 4.79 Å². The number of nitrogens with two attached hydrogens (primary N) is 2. The lowest BCUT2D eigenvalue weighted by Crippen LogP contribution is -2.21. The molecule has 0 unspecified atom stereocenters. The topological polar surface area (TPSA) is 127 Å². The number of carbonyl (C=O) groups is 1. The molecule has 0 saturated carbocycles. The number of aromatic hydroxyl groups is 1. The monoisotopic (exact) mass is 309 g/mol. The third-order valence-electron chi connectivity index (χ3n) is 3.30. The summed E-state index contributed by atoms with van der Waals surface area (Å²) in [4.78, 5) is 19.9. The maximum absolute atomic E-state index is 11.5. The fourth-order valence-corrected chi connectivity index (χ4v) is 2.31. The van der Waals surface area contributed by atoms with Crippen molar-refractivity contribution < 1.29 is 9.90 Å². The van der Waals surface area contributed by atoms with E-state index in [2.05, 4.69) is 15.3 Å². The van der Waals surface area contributed by atoms with E-state index in [4.69, 9.17) is 11.5 Å². The van der Waals surface area contributed by atoms with Gasteiger partial charge in [-0.2, -0.15) is 0 Å². The Bertz CT molecular complexity index is 895. The second kappa shape index (κ2) is 5.90. The van der Waals surface area contributed by atoms with Crippen molar-refractivity contribution in [2.24, 2.45) is 5.73 Å². The normalized spacial score (nSPS) is 10.7. The number of rotatable bonds is 3. The molecule has 0 saturated heterocycles. The summed E-state index contributed by atoms with van der Waals surface area (Å²) in [5.74, 6) is -0.0328. The van der Waals surface area contributed by atoms with Crippen LogP contribution in [0.5, 0.6) is 5.75 Å². The van der Waals surface area contributed by atoms with Gasteiger partial charge < -0.3 is 21.9 Å². The first kappa shape index (κ1) is 14.7. The number of hydrogen-bond donors (Lipinski definition) is 4. The molecule has 0 fully saturated rings. The first-order chi connectivity index (χ1) is 11.1. The number of benzene rings is 2. The molecule has 7 nitrogen and oxygen atoms in total. The van der Waals surface area contributed by atoms with Gasteiger partial charge in [0.2, 0.25) is 11.9 Å². The molecule has 3 rings (SSSR count). The number of hydrogen-bond acceptors (Lipinski definition) is 6. The minimum Gasteiger partial charge on any atom is -0.508 e. The van der Waals surface area contributed by atoms with E-state index in [1.165, 1.54) is 0 Å². The lowest BCUT2D eigenvalue weighted by Gasteiger charge is -2.10. The Kier molecular flexibility index (Phi) is 3.78. The fourth-order valence-electron chi connectivity index (χ4n) is 2.31. The second-order valence-corrected chi connectivity index (χ2v) is 4.96. The summed E-state index contributed by atoms with van der Waals surface area (Å²) in [5, 5.41) is 13.1. The van der Waals surface area contributed by atoms with Gasteiger partial charge in [-0.15, -0.1) is 0 Å². The van der Waals surface area contributed by atoms with Gasteiger partial charge in [-0.05, 0) is 30.3 Å². The zero-order valence-corrected chi connectivity index (χ0v) is 12.2. The van der Waals surface area contributed by atoms with Crippen LogP contribution in [-0.2, 0) is 4.79 Å². The highest BCUT2D eigenvalue weighted by atomic mass is 16.3. The number of fused-ring (bicyclic) bond motifs is 1. The summed E-state index contributed by atoms with van der Waals surface area (Å²) < 4.78 is 0. The molecule has 1 amide bonds. The van der Waals surface area contributed by atoms with E-state index in [0.717, 1.165) is 0 Å². The summed E-state index contributed by atoms with van der Waals surface area (Å²) in [6.45, 7) is -0.101. The first-order valence-electron chi connectivity index (χ1n) is 6.93. The van der Waals surface area contributed by atoms with Crippen LogP contribution in [0.2, 0.25) is 0 Å². The van der Waals surface area contributed by atoms with Crippen LogP contribution >= 0.6 is 0 Å². The molecule has 1 aromatic heterocycles. The SMILES string of the molecule is NCC(=O)Nc1ccc2nc(N)nc(-c3cccc(O)c3)c2c1. The quantitative estimate of drug-likeness (QED) is 0.580. The molecule has 0 radical (unpaired) electrons. The van der Waals surface area contributed by atoms with E-state index in [1.807, 2.05) is 6.07 Å². The smallest absolute Gasteiger partial charge is 0.238 e. The minimum atomic E-state index is -0.292. The number of phenolic OH excluding ortho intramolecular Hbond substituents is 1. The first-order valence-corrected chi connectivity index (χ1v) is 6.93. The van der Waals surface area contributed by atoms with E-state index in [1.54, 1.807) is 36.4 Å². The van der Waals surface area contributed by atoms with Crippen molar-refractivity contribution in [3.8, 4) is 17.0 Å². The summed E-state index contributed by atoms with van der Waals surface area (Å²) in [6.07, 6.45) is 0. The molecule has 0 bridgehead atoms. The van der Waals surface area contributed by atoms with E-state index in [-0.39, 0.29) is 24.1 Å². The number of anilines is 2. The predicted octanol–water partition coefficient (Wildman–Crippen LogP) is 1.48. The van der Waals surface area contributed by atoms with Crippen LogP contribution in [0.3, 0.4) is 0 Å². The highest BCUT2D eigenvalue weighted by Gasteiger charge is 2.11. The van der Waals surface area contributed by atoms with Crippen molar-refractivity contribution >= 4 is 28.4 Å². The van der Waals surface area contributed by atoms with E-state index in [0.29, 0.717) is 27.8 Å². The van der Waals surface area contributed by atoms with Crippen molar-refractivity contribution in [1.29, 1.82) is 0 Å². The molecule has 0 spiro atoms. The van der Waals surface area contributed by atoms with Gasteiger partial charge in [0.15, 0.2) is 0 Å². The molecular formula is C16H15N5O2. The number of nitrogens with one attached hydrogen (secondary N) is 1. The summed E-state index contributed by atoms with van der Waals surface area (Å²) in [5.41, 5.74) is 13.6. The van der Waals surface area contributed by atoms with Gasteiger partial charge in [0.25, 0.3) is 0 Å². The van der Waals surface area contributed by atoms with Crippen molar-refractivity contribution in [3.05, 3.63) is 42.5 Å². The Balaban J connectivity index is 2.19. The van der Waals surface area contributed by atoms with Gasteiger partial charge in [0.1, 0.15) is 5.75 Å². The molecule has 2 aromatic carbocycles. The third kappa shape index (κ3) is 3.04. The molecule has 23 heavy (non-hydrogen) atoms. The largest absolute Gasteiger partial charge is 0.508 e. The molecule has 0 aliphatic rings. The Morgan fingerprint density at radius 2 is 2.00 bits per heavy atom. The number of phenols is 1. The van der Waals surface area contributed by atoms with Gasteiger partial charge in [-0.1, -0.05) is 12.1 Å². The number of carbonyl (C=O) groups excluding carboxylic acids is 1. The van der Waals surface area contributed by atoms with Crippen molar-refractivity contribution in [3.63, 3.8) is 0 Å². The zero-order valence-electron chi connectivity index (χ0n) is 12.2. The molecule has 0 aliphatic carbocycles. The van der Waals surface area contributed by atoms with Crippen molar-refractivity contribution in [1.82, 2.24) is 9.97 Å². The Labute approximate surface area is 132 Å². The molecular weight excluding hydrogens is 294 g/mol. The summed E-state index contributed by atoms with van der Waals surface area (Å²) in [6, 6.07) is 11.9. The maximum Gasteiger partial charge on any atom is 0.238 e. The number of nitrogens with zero attached hydrogens (tertiary/aromatic N) is 2. The fraction of sp³-hybridized carbons (Fsp3) is 0.0625. The van der Waals surface area contributed by atoms with Crippen LogP contribution in [0.4, 0.5) is 11.6 Å². The van der Waals surface area contributed by atoms with Crippen LogP contribution in [0.15, 0.2) is 42.5 Å². The highest BCUT2D eigenvalue weighted by Crippen LogP contribution is 2.30. The Morgan fingerprint density at radius 1 is 1.17 bits per heavy atom. The minimum absolute atomic E-state index is 0.101. The molecule has 0 atom stereocenters. The van der Waals surface area contributed by atoms with E-state index < -0.39 is 0 Å². The van der Waals surface area contributed by atoms with E-state index in [9.17, 15) is 9.90 Å². The average molecular weight is 309 g/mol. The summed E-state index contributed by atoms with van der Waals surface area (Å²) >= 11 is 0. The average Bonchev–Trinajstić information content (AvgIpc) is 2.54. The van der Waals surface area contributed by atoms with Gasteiger partial charge in [-0.25, -0.2) is 9.97 Å². The predicted molar refractivity (Wildman–Crippen MR) is 88.7 cm³/mol. The van der Waals surface area contributed by atoms with Crippen molar-refractivity contribution in [2.45, 2.75) is 0 Å². The zero-order chi connectivity index (χ0) is 16.4. The van der Waals surface area contributed by atoms with Crippen LogP contribution in [0.25, 0.3) is 22.2 Å². The highest BCUT2D eigenvalue weighted by molar-refractivity contribution is 5.98. The van der Waals surface area contributed by atoms with Gasteiger partial charge >= 0.3 is 0 Å². The maximum atomic E-state index is 11.5. The standard InChI is InChI=1S/C16H15N5O2/c17-8-14(23)19-10-4-5-13-12(7-10)15(21-16(18)20-13)9-2-1-3-11(22)6-9/h1-7,22H,8,17H2,(H,19,23)(H2,18,20,21). The Hall–Kier alpha value is -3.19. The van der Waals surface area contributed by atoms with Gasteiger partial charge in [0.05, 0.1) is 17.8 Å². The number of amides is 1. The summed E-state index contributed by atoms with van der Waals surface area (Å²) in [7, 11) is 0. The molecule has 3 aromatic rings. The molecule has 7 heteroatoms. The lowest BCUT2D eigenvalue weighted by atomic mass is 10.1. The Morgan fingerprint density at radius 3 is 2.74 bits per heavy atom. The van der Waals surface area contributed by atoms with Crippen LogP contribution in [0, 0.1) is 0 Å². The van der Waals surface area contributed by atoms with Gasteiger partial charge in [0, 0.05) is 16.6 Å². The number of nitrogen functional groups attached to an aromatic ring is 1. The molecule has 1 heterocycles. The third-order valence-corrected chi connectivity index (χ3v) is 3.30.